The summed E-state index contributed by atoms with van der Waals surface area (Å²) in [7, 11) is 0. The van der Waals surface area contributed by atoms with Gasteiger partial charge in [0.05, 0.1) is 6.10 Å². The molecule has 0 bridgehead atoms. The largest absolute Gasteiger partial charge is 0.391 e. The first-order chi connectivity index (χ1) is 5.41. The number of likely N-dealkylation sites (tertiary alicyclic amines) is 1. The van der Waals surface area contributed by atoms with Gasteiger partial charge in [-0.05, 0) is 20.3 Å². The number of aliphatic hydroxyl groups is 1. The zero-order chi connectivity index (χ0) is 9.35. The molecule has 0 aromatic carbocycles. The third-order valence-corrected chi connectivity index (χ3v) is 1.96. The van der Waals surface area contributed by atoms with Crippen LogP contribution >= 0.6 is 0 Å². The lowest BCUT2D eigenvalue weighted by Gasteiger charge is -2.22. The van der Waals surface area contributed by atoms with Crippen LogP contribution in [0.5, 0.6) is 0 Å². The van der Waals surface area contributed by atoms with Crippen molar-refractivity contribution in [2.24, 2.45) is 0 Å². The number of carbonyl (C=O) groups excluding carboxylic acids is 1. The second kappa shape index (κ2) is 3.01. The fourth-order valence-electron chi connectivity index (χ4n) is 1.30. The summed E-state index contributed by atoms with van der Waals surface area (Å²) in [4.78, 5) is 12.6. The molecular weight excluding hydrogens is 161 g/mol. The van der Waals surface area contributed by atoms with Crippen LogP contribution in [0.4, 0.5) is 4.39 Å². The zero-order valence-electron chi connectivity index (χ0n) is 7.38. The van der Waals surface area contributed by atoms with Crippen LogP contribution in [0.15, 0.2) is 0 Å². The fourth-order valence-corrected chi connectivity index (χ4v) is 1.30. The number of amides is 1. The van der Waals surface area contributed by atoms with Gasteiger partial charge in [-0.1, -0.05) is 0 Å². The summed E-state index contributed by atoms with van der Waals surface area (Å²) >= 11 is 0. The number of alkyl halides is 1. The van der Waals surface area contributed by atoms with Crippen molar-refractivity contribution in [1.29, 1.82) is 0 Å². The average Bonchev–Trinajstić information content (AvgIpc) is 2.32. The van der Waals surface area contributed by atoms with E-state index in [-0.39, 0.29) is 6.54 Å². The first kappa shape index (κ1) is 9.45. The number of hydrogen-bond acceptors (Lipinski definition) is 2. The third kappa shape index (κ3) is 1.94. The summed E-state index contributed by atoms with van der Waals surface area (Å²) in [5, 5.41) is 9.10. The predicted molar refractivity (Wildman–Crippen MR) is 42.4 cm³/mol. The predicted octanol–water partition coefficient (Wildman–Crippen LogP) is 0.328. The van der Waals surface area contributed by atoms with Crippen molar-refractivity contribution in [2.75, 3.05) is 13.1 Å². The van der Waals surface area contributed by atoms with Crippen molar-refractivity contribution in [3.63, 3.8) is 0 Å². The minimum absolute atomic E-state index is 0.270. The maximum atomic E-state index is 13.1. The average molecular weight is 175 g/mol. The SMILES string of the molecule is CC(C)(F)C(=O)N1CCC(O)C1. The maximum Gasteiger partial charge on any atom is 0.259 e. The number of hydrogen-bond donors (Lipinski definition) is 1. The molecule has 1 N–H and O–H groups in total. The summed E-state index contributed by atoms with van der Waals surface area (Å²) in [6.07, 6.45) is 0.0817. The highest BCUT2D eigenvalue weighted by atomic mass is 19.1. The second-order valence-corrected chi connectivity index (χ2v) is 3.67. The molecule has 1 unspecified atom stereocenters. The topological polar surface area (TPSA) is 40.5 Å². The van der Waals surface area contributed by atoms with Crippen LogP contribution in [0.25, 0.3) is 0 Å². The Hall–Kier alpha value is -0.640. The van der Waals surface area contributed by atoms with E-state index < -0.39 is 17.7 Å². The molecule has 1 aliphatic rings. The maximum absolute atomic E-state index is 13.1. The molecule has 1 aliphatic heterocycles. The number of halogens is 1. The van der Waals surface area contributed by atoms with Crippen molar-refractivity contribution >= 4 is 5.91 Å². The van der Waals surface area contributed by atoms with Crippen LogP contribution < -0.4 is 0 Å². The van der Waals surface area contributed by atoms with E-state index in [2.05, 4.69) is 0 Å². The van der Waals surface area contributed by atoms with Gasteiger partial charge >= 0.3 is 0 Å². The summed E-state index contributed by atoms with van der Waals surface area (Å²) in [6.45, 7) is 3.21. The minimum Gasteiger partial charge on any atom is -0.391 e. The smallest absolute Gasteiger partial charge is 0.259 e. The molecule has 0 spiro atoms. The van der Waals surface area contributed by atoms with Crippen LogP contribution in [-0.2, 0) is 4.79 Å². The van der Waals surface area contributed by atoms with E-state index in [1.165, 1.54) is 18.7 Å². The number of aliphatic hydroxyl groups excluding tert-OH is 1. The van der Waals surface area contributed by atoms with Crippen molar-refractivity contribution in [1.82, 2.24) is 4.90 Å². The van der Waals surface area contributed by atoms with E-state index >= 15 is 0 Å². The summed E-state index contributed by atoms with van der Waals surface area (Å²) < 4.78 is 13.1. The van der Waals surface area contributed by atoms with Gasteiger partial charge in [0.1, 0.15) is 0 Å². The van der Waals surface area contributed by atoms with E-state index in [1.807, 2.05) is 0 Å². The van der Waals surface area contributed by atoms with E-state index in [0.717, 1.165) is 0 Å². The molecule has 0 aromatic rings. The lowest BCUT2D eigenvalue weighted by atomic mass is 10.1. The highest BCUT2D eigenvalue weighted by Gasteiger charge is 2.35. The molecule has 0 radical (unpaired) electrons. The van der Waals surface area contributed by atoms with Crippen molar-refractivity contribution in [3.05, 3.63) is 0 Å². The molecule has 12 heavy (non-hydrogen) atoms. The molecule has 0 saturated carbocycles. The monoisotopic (exact) mass is 175 g/mol. The first-order valence-electron chi connectivity index (χ1n) is 4.07. The molecule has 1 saturated heterocycles. The van der Waals surface area contributed by atoms with Gasteiger partial charge in [-0.2, -0.15) is 0 Å². The molecule has 1 amide bonds. The molecule has 1 rings (SSSR count). The lowest BCUT2D eigenvalue weighted by molar-refractivity contribution is -0.141. The Morgan fingerprint density at radius 1 is 1.67 bits per heavy atom. The lowest BCUT2D eigenvalue weighted by Crippen LogP contribution is -2.41. The van der Waals surface area contributed by atoms with Gasteiger partial charge in [0.2, 0.25) is 0 Å². The van der Waals surface area contributed by atoms with Crippen LogP contribution in [-0.4, -0.2) is 40.8 Å². The number of nitrogens with zero attached hydrogens (tertiary/aromatic N) is 1. The summed E-state index contributed by atoms with van der Waals surface area (Å²) in [5.74, 6) is -0.529. The Labute approximate surface area is 71.2 Å². The van der Waals surface area contributed by atoms with Crippen molar-refractivity contribution in [3.8, 4) is 0 Å². The molecule has 1 heterocycles. The number of carbonyl (C=O) groups is 1. The highest BCUT2D eigenvalue weighted by molar-refractivity contribution is 5.84. The van der Waals surface area contributed by atoms with Gasteiger partial charge in [-0.15, -0.1) is 0 Å². The first-order valence-corrected chi connectivity index (χ1v) is 4.07. The Bertz CT molecular complexity index is 188. The quantitative estimate of drug-likeness (QED) is 0.623. The molecule has 0 aliphatic carbocycles. The van der Waals surface area contributed by atoms with Crippen molar-refractivity contribution in [2.45, 2.75) is 32.0 Å². The standard InChI is InChI=1S/C8H14FNO2/c1-8(2,9)7(12)10-4-3-6(11)5-10/h6,11H,3-5H2,1-2H3. The number of β-amino-alcohol motifs (C(OH)–C–C–N with tert-alkyl or cyclic N) is 1. The summed E-state index contributed by atoms with van der Waals surface area (Å²) in [5.41, 5.74) is -1.82. The van der Waals surface area contributed by atoms with Crippen LogP contribution in [0.3, 0.4) is 0 Å². The Kier molecular flexibility index (Phi) is 2.37. The fraction of sp³-hybridized carbons (Fsp3) is 0.875. The van der Waals surface area contributed by atoms with Crippen LogP contribution in [0, 0.1) is 0 Å². The van der Waals surface area contributed by atoms with Gasteiger partial charge in [0.25, 0.3) is 5.91 Å². The van der Waals surface area contributed by atoms with Gasteiger partial charge in [0.15, 0.2) is 5.67 Å². The Morgan fingerprint density at radius 2 is 2.25 bits per heavy atom. The van der Waals surface area contributed by atoms with Gasteiger partial charge in [-0.3, -0.25) is 4.79 Å². The zero-order valence-corrected chi connectivity index (χ0v) is 7.38. The van der Waals surface area contributed by atoms with Gasteiger partial charge in [-0.25, -0.2) is 4.39 Å². The van der Waals surface area contributed by atoms with Crippen LogP contribution in [0.2, 0.25) is 0 Å². The molecule has 70 valence electrons. The molecule has 1 fully saturated rings. The Morgan fingerprint density at radius 3 is 2.58 bits per heavy atom. The van der Waals surface area contributed by atoms with Crippen molar-refractivity contribution < 1.29 is 14.3 Å². The van der Waals surface area contributed by atoms with Crippen LogP contribution in [0.1, 0.15) is 20.3 Å². The summed E-state index contributed by atoms with van der Waals surface area (Å²) in [6, 6.07) is 0. The minimum atomic E-state index is -1.82. The van der Waals surface area contributed by atoms with E-state index in [9.17, 15) is 9.18 Å². The Balaban J connectivity index is 2.55. The number of rotatable bonds is 1. The molecule has 4 heteroatoms. The van der Waals surface area contributed by atoms with Gasteiger partial charge < -0.3 is 10.0 Å². The normalized spacial score (nSPS) is 24.7. The molecule has 1 atom stereocenters. The molecule has 0 aromatic heterocycles. The van der Waals surface area contributed by atoms with E-state index in [4.69, 9.17) is 5.11 Å². The third-order valence-electron chi connectivity index (χ3n) is 1.96. The van der Waals surface area contributed by atoms with E-state index in [1.54, 1.807) is 0 Å². The van der Waals surface area contributed by atoms with E-state index in [0.29, 0.717) is 13.0 Å². The molecular formula is C8H14FNO2. The molecule has 3 nitrogen and oxygen atoms in total. The second-order valence-electron chi connectivity index (χ2n) is 3.67. The highest BCUT2D eigenvalue weighted by Crippen LogP contribution is 2.17. The van der Waals surface area contributed by atoms with Gasteiger partial charge in [0, 0.05) is 13.1 Å².